The first-order valence-corrected chi connectivity index (χ1v) is 6.57. The second kappa shape index (κ2) is 6.41. The fourth-order valence-corrected chi connectivity index (χ4v) is 2.34. The van der Waals surface area contributed by atoms with Crippen molar-refractivity contribution in [3.63, 3.8) is 0 Å². The lowest BCUT2D eigenvalue weighted by Crippen LogP contribution is -2.29. The number of rotatable bonds is 4. The van der Waals surface area contributed by atoms with E-state index in [1.54, 1.807) is 30.3 Å². The van der Waals surface area contributed by atoms with Crippen molar-refractivity contribution in [2.75, 3.05) is 7.11 Å². The monoisotopic (exact) mass is 314 g/mol. The zero-order chi connectivity index (χ0) is 14.7. The molecule has 2 rings (SSSR count). The predicted molar refractivity (Wildman–Crippen MR) is 78.6 cm³/mol. The van der Waals surface area contributed by atoms with Gasteiger partial charge in [0.25, 0.3) is 0 Å². The Balaban J connectivity index is 2.49. The summed E-state index contributed by atoms with van der Waals surface area (Å²) >= 11 is 11.8. The number of methoxy groups -OCH3 is 1. The largest absolute Gasteiger partial charge is 0.495 e. The van der Waals surface area contributed by atoms with Crippen LogP contribution in [0.25, 0.3) is 0 Å². The molecular weight excluding hydrogens is 302 g/mol. The average molecular weight is 315 g/mol. The number of benzene rings is 2. The summed E-state index contributed by atoms with van der Waals surface area (Å²) in [5.41, 5.74) is 3.64. The summed E-state index contributed by atoms with van der Waals surface area (Å²) in [6.07, 6.45) is 0. The molecule has 0 saturated carbocycles. The lowest BCUT2D eigenvalue weighted by molar-refractivity contribution is 0.413. The first kappa shape index (κ1) is 15.1. The number of hydrazine groups is 1. The van der Waals surface area contributed by atoms with Gasteiger partial charge in [0.15, 0.2) is 0 Å². The van der Waals surface area contributed by atoms with Gasteiger partial charge in [-0.2, -0.15) is 0 Å². The molecule has 2 aromatic carbocycles. The summed E-state index contributed by atoms with van der Waals surface area (Å²) in [5.74, 6) is 5.54. The minimum atomic E-state index is -0.556. The molecular formula is C14H13Cl2FN2O. The van der Waals surface area contributed by atoms with Crippen LogP contribution in [-0.4, -0.2) is 7.11 Å². The van der Waals surface area contributed by atoms with Crippen molar-refractivity contribution < 1.29 is 9.13 Å². The zero-order valence-corrected chi connectivity index (χ0v) is 12.2. The van der Waals surface area contributed by atoms with Gasteiger partial charge >= 0.3 is 0 Å². The summed E-state index contributed by atoms with van der Waals surface area (Å²) in [6, 6.07) is 9.33. The number of nitrogens with one attached hydrogen (secondary N) is 1. The van der Waals surface area contributed by atoms with E-state index in [1.807, 2.05) is 0 Å². The van der Waals surface area contributed by atoms with Crippen LogP contribution >= 0.6 is 23.2 Å². The molecule has 0 aliphatic carbocycles. The smallest absolute Gasteiger partial charge is 0.146 e. The van der Waals surface area contributed by atoms with Gasteiger partial charge < -0.3 is 4.74 Å². The van der Waals surface area contributed by atoms with Crippen LogP contribution in [0.1, 0.15) is 17.2 Å². The third kappa shape index (κ3) is 2.88. The third-order valence-corrected chi connectivity index (χ3v) is 3.57. The standard InChI is InChI=1S/C14H13Cl2FN2O/c1-20-12-7-8(5-6-10(12)15)14(19-18)9-3-2-4-11(16)13(9)17/h2-7,14,19H,18H2,1H3. The van der Waals surface area contributed by atoms with E-state index in [-0.39, 0.29) is 5.02 Å². The normalized spacial score (nSPS) is 12.2. The van der Waals surface area contributed by atoms with E-state index in [0.717, 1.165) is 5.56 Å². The Morgan fingerprint density at radius 2 is 1.95 bits per heavy atom. The maximum absolute atomic E-state index is 14.1. The second-order valence-corrected chi connectivity index (χ2v) is 4.95. The molecule has 106 valence electrons. The Kier molecular flexibility index (Phi) is 4.83. The van der Waals surface area contributed by atoms with Gasteiger partial charge in [0, 0.05) is 5.56 Å². The molecule has 0 bridgehead atoms. The number of ether oxygens (including phenoxy) is 1. The first-order valence-electron chi connectivity index (χ1n) is 5.82. The van der Waals surface area contributed by atoms with E-state index < -0.39 is 11.9 Å². The molecule has 2 aromatic rings. The van der Waals surface area contributed by atoms with E-state index in [1.165, 1.54) is 13.2 Å². The maximum atomic E-state index is 14.1. The van der Waals surface area contributed by atoms with Crippen molar-refractivity contribution in [2.45, 2.75) is 6.04 Å². The van der Waals surface area contributed by atoms with Crippen molar-refractivity contribution in [3.05, 3.63) is 63.4 Å². The van der Waals surface area contributed by atoms with Crippen LogP contribution in [0.4, 0.5) is 4.39 Å². The lowest BCUT2D eigenvalue weighted by Gasteiger charge is -2.19. The molecule has 0 aromatic heterocycles. The summed E-state index contributed by atoms with van der Waals surface area (Å²) in [4.78, 5) is 0. The van der Waals surface area contributed by atoms with E-state index in [9.17, 15) is 4.39 Å². The molecule has 0 heterocycles. The highest BCUT2D eigenvalue weighted by Crippen LogP contribution is 2.32. The summed E-state index contributed by atoms with van der Waals surface area (Å²) in [6.45, 7) is 0. The van der Waals surface area contributed by atoms with Crippen LogP contribution in [-0.2, 0) is 0 Å². The first-order chi connectivity index (χ1) is 9.58. The van der Waals surface area contributed by atoms with Crippen molar-refractivity contribution in [3.8, 4) is 5.75 Å². The molecule has 3 N–H and O–H groups in total. The molecule has 1 atom stereocenters. The van der Waals surface area contributed by atoms with E-state index in [0.29, 0.717) is 16.3 Å². The van der Waals surface area contributed by atoms with Crippen molar-refractivity contribution in [1.82, 2.24) is 5.43 Å². The van der Waals surface area contributed by atoms with Crippen LogP contribution in [0.5, 0.6) is 5.75 Å². The van der Waals surface area contributed by atoms with E-state index in [4.69, 9.17) is 33.8 Å². The van der Waals surface area contributed by atoms with Gasteiger partial charge in [0.05, 0.1) is 23.2 Å². The third-order valence-electron chi connectivity index (χ3n) is 2.97. The van der Waals surface area contributed by atoms with Gasteiger partial charge in [-0.3, -0.25) is 5.84 Å². The summed E-state index contributed by atoms with van der Waals surface area (Å²) in [7, 11) is 1.51. The van der Waals surface area contributed by atoms with Gasteiger partial charge in [-0.15, -0.1) is 0 Å². The number of hydrogen-bond acceptors (Lipinski definition) is 3. The van der Waals surface area contributed by atoms with Crippen molar-refractivity contribution in [1.29, 1.82) is 0 Å². The van der Waals surface area contributed by atoms with E-state index >= 15 is 0 Å². The van der Waals surface area contributed by atoms with Gasteiger partial charge in [0.2, 0.25) is 0 Å². The minimum Gasteiger partial charge on any atom is -0.495 e. The topological polar surface area (TPSA) is 47.3 Å². The molecule has 0 amide bonds. The zero-order valence-electron chi connectivity index (χ0n) is 10.7. The SMILES string of the molecule is COc1cc(C(NN)c2cccc(Cl)c2F)ccc1Cl. The van der Waals surface area contributed by atoms with Gasteiger partial charge in [-0.1, -0.05) is 41.4 Å². The Hall–Kier alpha value is -1.33. The highest BCUT2D eigenvalue weighted by molar-refractivity contribution is 6.32. The van der Waals surface area contributed by atoms with Crippen LogP contribution < -0.4 is 16.0 Å². The average Bonchev–Trinajstić information content (AvgIpc) is 2.45. The molecule has 0 aliphatic rings. The Morgan fingerprint density at radius 1 is 1.20 bits per heavy atom. The molecule has 3 nitrogen and oxygen atoms in total. The molecule has 0 aliphatic heterocycles. The molecule has 6 heteroatoms. The van der Waals surface area contributed by atoms with Crippen LogP contribution in [0.15, 0.2) is 36.4 Å². The predicted octanol–water partition coefficient (Wildman–Crippen LogP) is 3.69. The van der Waals surface area contributed by atoms with Crippen molar-refractivity contribution >= 4 is 23.2 Å². The highest BCUT2D eigenvalue weighted by Gasteiger charge is 2.19. The Labute approximate surface area is 126 Å². The number of nitrogens with two attached hydrogens (primary N) is 1. The fraction of sp³-hybridized carbons (Fsp3) is 0.143. The van der Waals surface area contributed by atoms with Crippen LogP contribution in [0, 0.1) is 5.82 Å². The highest BCUT2D eigenvalue weighted by atomic mass is 35.5. The number of hydrogen-bond donors (Lipinski definition) is 2. The Bertz CT molecular complexity index is 622. The fourth-order valence-electron chi connectivity index (χ4n) is 1.96. The molecule has 0 saturated heterocycles. The van der Waals surface area contributed by atoms with Crippen LogP contribution in [0.2, 0.25) is 10.0 Å². The minimum absolute atomic E-state index is 0.0451. The summed E-state index contributed by atoms with van der Waals surface area (Å²) in [5, 5.41) is 0.516. The van der Waals surface area contributed by atoms with Crippen LogP contribution in [0.3, 0.4) is 0 Å². The molecule has 0 spiro atoms. The van der Waals surface area contributed by atoms with E-state index in [2.05, 4.69) is 5.43 Å². The maximum Gasteiger partial charge on any atom is 0.146 e. The van der Waals surface area contributed by atoms with Gasteiger partial charge in [-0.25, -0.2) is 9.82 Å². The van der Waals surface area contributed by atoms with Gasteiger partial charge in [-0.05, 0) is 23.8 Å². The molecule has 0 fully saturated rings. The van der Waals surface area contributed by atoms with Crippen molar-refractivity contribution in [2.24, 2.45) is 5.84 Å². The molecule has 0 radical (unpaired) electrons. The Morgan fingerprint density at radius 3 is 2.60 bits per heavy atom. The molecule has 20 heavy (non-hydrogen) atoms. The summed E-state index contributed by atoms with van der Waals surface area (Å²) < 4.78 is 19.3. The van der Waals surface area contributed by atoms with Gasteiger partial charge in [0.1, 0.15) is 11.6 Å². The second-order valence-electron chi connectivity index (χ2n) is 4.14. The lowest BCUT2D eigenvalue weighted by atomic mass is 9.98. The number of halogens is 3. The molecule has 1 unspecified atom stereocenters. The quantitative estimate of drug-likeness (QED) is 0.668.